The molecule has 0 radical (unpaired) electrons. The second kappa shape index (κ2) is 5.52. The van der Waals surface area contributed by atoms with Gasteiger partial charge in [-0.25, -0.2) is 4.98 Å². The van der Waals surface area contributed by atoms with Crippen LogP contribution in [-0.2, 0) is 11.2 Å². The van der Waals surface area contributed by atoms with Gasteiger partial charge < -0.3 is 4.74 Å². The van der Waals surface area contributed by atoms with Gasteiger partial charge in [0.1, 0.15) is 5.69 Å². The maximum Gasteiger partial charge on any atom is 0.178 e. The van der Waals surface area contributed by atoms with Crippen molar-refractivity contribution in [3.05, 3.63) is 16.1 Å². The van der Waals surface area contributed by atoms with Gasteiger partial charge >= 0.3 is 0 Å². The van der Waals surface area contributed by atoms with Gasteiger partial charge in [-0.3, -0.25) is 9.69 Å². The van der Waals surface area contributed by atoms with Crippen LogP contribution in [0.4, 0.5) is 0 Å². The Kier molecular flexibility index (Phi) is 4.04. The molecule has 0 bridgehead atoms. The van der Waals surface area contributed by atoms with E-state index in [9.17, 15) is 4.79 Å². The first-order valence-corrected chi connectivity index (χ1v) is 6.39. The Labute approximate surface area is 99.2 Å². The normalized spacial score (nSPS) is 17.6. The zero-order valence-electron chi connectivity index (χ0n) is 9.44. The van der Waals surface area contributed by atoms with E-state index in [1.165, 1.54) is 0 Å². The first kappa shape index (κ1) is 11.7. The highest BCUT2D eigenvalue weighted by molar-refractivity contribution is 7.09. The molecule has 4 nitrogen and oxygen atoms in total. The van der Waals surface area contributed by atoms with Gasteiger partial charge in [0.25, 0.3) is 0 Å². The molecule has 5 heteroatoms. The number of ketones is 1. The minimum absolute atomic E-state index is 0.0499. The highest BCUT2D eigenvalue weighted by Gasteiger charge is 2.11. The summed E-state index contributed by atoms with van der Waals surface area (Å²) in [5.41, 5.74) is 0.599. The molecule has 0 amide bonds. The topological polar surface area (TPSA) is 42.4 Å². The third-order valence-corrected chi connectivity index (χ3v) is 3.57. The Balaban J connectivity index is 1.81. The maximum atomic E-state index is 11.1. The number of hydrogen-bond donors (Lipinski definition) is 0. The fourth-order valence-electron chi connectivity index (χ4n) is 1.67. The van der Waals surface area contributed by atoms with Crippen molar-refractivity contribution >= 4 is 17.1 Å². The molecule has 0 atom stereocenters. The van der Waals surface area contributed by atoms with Crippen LogP contribution in [0.2, 0.25) is 0 Å². The monoisotopic (exact) mass is 240 g/mol. The molecule has 2 heterocycles. The van der Waals surface area contributed by atoms with E-state index in [0.717, 1.165) is 44.3 Å². The van der Waals surface area contributed by atoms with Crippen molar-refractivity contribution in [1.82, 2.24) is 9.88 Å². The number of morpholine rings is 1. The molecule has 88 valence electrons. The minimum Gasteiger partial charge on any atom is -0.379 e. The van der Waals surface area contributed by atoms with Crippen molar-refractivity contribution in [3.8, 4) is 0 Å². The molecule has 1 aromatic rings. The predicted molar refractivity (Wildman–Crippen MR) is 63.1 cm³/mol. The largest absolute Gasteiger partial charge is 0.379 e. The lowest BCUT2D eigenvalue weighted by Crippen LogP contribution is -2.37. The molecular formula is C11H16N2O2S. The van der Waals surface area contributed by atoms with Gasteiger partial charge in [0.2, 0.25) is 0 Å². The van der Waals surface area contributed by atoms with E-state index in [-0.39, 0.29) is 5.78 Å². The highest BCUT2D eigenvalue weighted by Crippen LogP contribution is 2.11. The van der Waals surface area contributed by atoms with Crippen molar-refractivity contribution in [2.24, 2.45) is 0 Å². The van der Waals surface area contributed by atoms with Gasteiger partial charge in [0.05, 0.1) is 18.2 Å². The van der Waals surface area contributed by atoms with Crippen LogP contribution in [-0.4, -0.2) is 48.5 Å². The lowest BCUT2D eigenvalue weighted by atomic mass is 10.3. The molecule has 0 unspecified atom stereocenters. The summed E-state index contributed by atoms with van der Waals surface area (Å²) < 4.78 is 5.29. The number of ether oxygens (including phenoxy) is 1. The van der Waals surface area contributed by atoms with Crippen molar-refractivity contribution in [2.45, 2.75) is 13.3 Å². The molecule has 0 aliphatic carbocycles. The zero-order chi connectivity index (χ0) is 11.4. The molecule has 0 spiro atoms. The number of hydrogen-bond acceptors (Lipinski definition) is 5. The zero-order valence-corrected chi connectivity index (χ0v) is 10.3. The second-order valence-corrected chi connectivity index (χ2v) is 4.83. The van der Waals surface area contributed by atoms with Gasteiger partial charge in [-0.15, -0.1) is 11.3 Å². The Morgan fingerprint density at radius 2 is 2.31 bits per heavy atom. The van der Waals surface area contributed by atoms with Crippen LogP contribution in [0.5, 0.6) is 0 Å². The summed E-state index contributed by atoms with van der Waals surface area (Å²) in [4.78, 5) is 17.8. The predicted octanol–water partition coefficient (Wildman–Crippen LogP) is 1.22. The summed E-state index contributed by atoms with van der Waals surface area (Å²) in [7, 11) is 0. The van der Waals surface area contributed by atoms with E-state index in [1.54, 1.807) is 18.3 Å². The lowest BCUT2D eigenvalue weighted by molar-refractivity contribution is 0.0384. The molecule has 0 aromatic carbocycles. The molecule has 2 rings (SSSR count). The van der Waals surface area contributed by atoms with E-state index in [0.29, 0.717) is 5.69 Å². The quantitative estimate of drug-likeness (QED) is 0.742. The SMILES string of the molecule is CC(=O)c1csc(CCN2CCOCC2)n1. The summed E-state index contributed by atoms with van der Waals surface area (Å²) >= 11 is 1.58. The van der Waals surface area contributed by atoms with Gasteiger partial charge in [-0.1, -0.05) is 0 Å². The minimum atomic E-state index is 0.0499. The third kappa shape index (κ3) is 3.10. The summed E-state index contributed by atoms with van der Waals surface area (Å²) in [6.07, 6.45) is 0.929. The smallest absolute Gasteiger partial charge is 0.178 e. The standard InChI is InChI=1S/C11H16N2O2S/c1-9(14)10-8-16-11(12-10)2-3-13-4-6-15-7-5-13/h8H,2-7H2,1H3. The highest BCUT2D eigenvalue weighted by atomic mass is 32.1. The molecule has 0 saturated carbocycles. The third-order valence-electron chi connectivity index (χ3n) is 2.66. The van der Waals surface area contributed by atoms with Gasteiger partial charge in [0.15, 0.2) is 5.78 Å². The first-order valence-electron chi connectivity index (χ1n) is 5.51. The average Bonchev–Trinajstić information content (AvgIpc) is 2.76. The summed E-state index contributed by atoms with van der Waals surface area (Å²) in [5.74, 6) is 0.0499. The molecule has 1 aliphatic heterocycles. The molecule has 16 heavy (non-hydrogen) atoms. The van der Waals surface area contributed by atoms with E-state index in [2.05, 4.69) is 9.88 Å². The Bertz CT molecular complexity index is 359. The van der Waals surface area contributed by atoms with Crippen molar-refractivity contribution in [2.75, 3.05) is 32.8 Å². The number of aromatic nitrogens is 1. The fraction of sp³-hybridized carbons (Fsp3) is 0.636. The number of carbonyl (C=O) groups excluding carboxylic acids is 1. The molecule has 1 saturated heterocycles. The Morgan fingerprint density at radius 1 is 1.56 bits per heavy atom. The summed E-state index contributed by atoms with van der Waals surface area (Å²) in [6.45, 7) is 6.23. The number of Topliss-reactive ketones (excluding diaryl/α,β-unsaturated/α-hetero) is 1. The van der Waals surface area contributed by atoms with Crippen LogP contribution >= 0.6 is 11.3 Å². The van der Waals surface area contributed by atoms with Crippen LogP contribution in [0.3, 0.4) is 0 Å². The van der Waals surface area contributed by atoms with Crippen LogP contribution in [0.25, 0.3) is 0 Å². The maximum absolute atomic E-state index is 11.1. The second-order valence-electron chi connectivity index (χ2n) is 3.89. The number of nitrogens with zero attached hydrogens (tertiary/aromatic N) is 2. The molecule has 1 fully saturated rings. The van der Waals surface area contributed by atoms with Gasteiger partial charge in [-0.05, 0) is 0 Å². The number of rotatable bonds is 4. The summed E-state index contributed by atoms with van der Waals surface area (Å²) in [6, 6.07) is 0. The number of thiazole rings is 1. The van der Waals surface area contributed by atoms with E-state index >= 15 is 0 Å². The van der Waals surface area contributed by atoms with Crippen molar-refractivity contribution in [1.29, 1.82) is 0 Å². The molecule has 1 aromatic heterocycles. The van der Waals surface area contributed by atoms with Gasteiger partial charge in [-0.2, -0.15) is 0 Å². The fourth-order valence-corrected chi connectivity index (χ4v) is 2.49. The van der Waals surface area contributed by atoms with Crippen LogP contribution in [0.1, 0.15) is 22.4 Å². The van der Waals surface area contributed by atoms with Crippen molar-refractivity contribution in [3.63, 3.8) is 0 Å². The van der Waals surface area contributed by atoms with E-state index < -0.39 is 0 Å². The Morgan fingerprint density at radius 3 is 2.94 bits per heavy atom. The van der Waals surface area contributed by atoms with Crippen LogP contribution in [0.15, 0.2) is 5.38 Å². The van der Waals surface area contributed by atoms with E-state index in [4.69, 9.17) is 4.74 Å². The van der Waals surface area contributed by atoms with Gasteiger partial charge in [0, 0.05) is 38.4 Å². The van der Waals surface area contributed by atoms with E-state index in [1.807, 2.05) is 5.38 Å². The molecule has 0 N–H and O–H groups in total. The van der Waals surface area contributed by atoms with Crippen LogP contribution in [0, 0.1) is 0 Å². The first-order chi connectivity index (χ1) is 7.75. The van der Waals surface area contributed by atoms with Crippen molar-refractivity contribution < 1.29 is 9.53 Å². The lowest BCUT2D eigenvalue weighted by Gasteiger charge is -2.25. The molecule has 1 aliphatic rings. The Hall–Kier alpha value is -0.780. The number of carbonyl (C=O) groups is 1. The van der Waals surface area contributed by atoms with Crippen LogP contribution < -0.4 is 0 Å². The molecular weight excluding hydrogens is 224 g/mol. The summed E-state index contributed by atoms with van der Waals surface area (Å²) in [5, 5.41) is 2.90. The average molecular weight is 240 g/mol.